The second-order valence-corrected chi connectivity index (χ2v) is 9.24. The number of likely N-dealkylation sites (N-methyl/N-ethyl adjacent to an activating group) is 1. The van der Waals surface area contributed by atoms with Crippen molar-refractivity contribution in [3.05, 3.63) is 53.6 Å². The van der Waals surface area contributed by atoms with E-state index in [1.54, 1.807) is 7.11 Å². The molecule has 0 saturated carbocycles. The van der Waals surface area contributed by atoms with Crippen LogP contribution < -0.4 is 10.1 Å². The van der Waals surface area contributed by atoms with Gasteiger partial charge in [-0.15, -0.1) is 0 Å². The number of rotatable bonds is 10. The number of nitrogens with zero attached hydrogens (tertiary/aromatic N) is 1. The third-order valence-electron chi connectivity index (χ3n) is 5.04. The van der Waals surface area contributed by atoms with Gasteiger partial charge in [0.25, 0.3) is 5.91 Å². The molecule has 2 aromatic rings. The van der Waals surface area contributed by atoms with Gasteiger partial charge in [0.1, 0.15) is 5.75 Å². The standard InChI is InChI=1S/C26H38N2O2/c1-18(2)14-21-11-9-13-24(25(21)30-7)20-10-8-12-22(16-20)26(29)27-23(15-19(3)4)17-28(5)6/h8-13,16,18-19,23H,14-15,17H2,1-7H3,(H,27,29)/t23-/m0/s1. The van der Waals surface area contributed by atoms with Crippen molar-refractivity contribution in [2.75, 3.05) is 27.7 Å². The van der Waals surface area contributed by atoms with Gasteiger partial charge in [-0.3, -0.25) is 4.79 Å². The van der Waals surface area contributed by atoms with Gasteiger partial charge in [0.2, 0.25) is 0 Å². The van der Waals surface area contributed by atoms with Crippen molar-refractivity contribution in [1.82, 2.24) is 10.2 Å². The highest BCUT2D eigenvalue weighted by Crippen LogP contribution is 2.34. The van der Waals surface area contributed by atoms with E-state index in [0.717, 1.165) is 36.3 Å². The fourth-order valence-electron chi connectivity index (χ4n) is 3.94. The molecule has 0 spiro atoms. The van der Waals surface area contributed by atoms with Crippen LogP contribution in [0, 0.1) is 11.8 Å². The van der Waals surface area contributed by atoms with Crippen molar-refractivity contribution in [1.29, 1.82) is 0 Å². The second kappa shape index (κ2) is 11.2. The number of carbonyl (C=O) groups excluding carboxylic acids is 1. The minimum atomic E-state index is -0.0262. The minimum absolute atomic E-state index is 0.0262. The topological polar surface area (TPSA) is 41.6 Å². The first-order valence-corrected chi connectivity index (χ1v) is 10.9. The molecule has 4 heteroatoms. The first-order chi connectivity index (χ1) is 14.2. The Morgan fingerprint density at radius 2 is 1.73 bits per heavy atom. The molecule has 0 fully saturated rings. The van der Waals surface area contributed by atoms with Gasteiger partial charge in [0.05, 0.1) is 7.11 Å². The van der Waals surface area contributed by atoms with Crippen LogP contribution in [0.1, 0.15) is 50.0 Å². The number of hydrogen-bond donors (Lipinski definition) is 1. The lowest BCUT2D eigenvalue weighted by Gasteiger charge is -2.24. The molecular formula is C26H38N2O2. The molecule has 0 saturated heterocycles. The van der Waals surface area contributed by atoms with Gasteiger partial charge in [-0.25, -0.2) is 0 Å². The van der Waals surface area contributed by atoms with Crippen LogP contribution in [0.3, 0.4) is 0 Å². The van der Waals surface area contributed by atoms with Crippen molar-refractivity contribution >= 4 is 5.91 Å². The van der Waals surface area contributed by atoms with E-state index in [2.05, 4.69) is 56.1 Å². The summed E-state index contributed by atoms with van der Waals surface area (Å²) in [6, 6.07) is 14.2. The van der Waals surface area contributed by atoms with Gasteiger partial charge >= 0.3 is 0 Å². The van der Waals surface area contributed by atoms with Crippen LogP contribution in [0.15, 0.2) is 42.5 Å². The van der Waals surface area contributed by atoms with Gasteiger partial charge in [-0.1, -0.05) is 58.0 Å². The largest absolute Gasteiger partial charge is 0.496 e. The second-order valence-electron chi connectivity index (χ2n) is 9.24. The number of benzene rings is 2. The maximum absolute atomic E-state index is 13.0. The van der Waals surface area contributed by atoms with E-state index in [-0.39, 0.29) is 11.9 Å². The first kappa shape index (κ1) is 23.9. The van der Waals surface area contributed by atoms with E-state index in [1.165, 1.54) is 5.56 Å². The molecule has 1 amide bonds. The molecule has 0 aliphatic heterocycles. The predicted molar refractivity (Wildman–Crippen MR) is 126 cm³/mol. The van der Waals surface area contributed by atoms with E-state index in [4.69, 9.17) is 4.74 Å². The summed E-state index contributed by atoms with van der Waals surface area (Å²) in [5.41, 5.74) is 3.90. The highest BCUT2D eigenvalue weighted by molar-refractivity contribution is 5.96. The fourth-order valence-corrected chi connectivity index (χ4v) is 3.94. The Morgan fingerprint density at radius 1 is 1.03 bits per heavy atom. The first-order valence-electron chi connectivity index (χ1n) is 10.9. The fraction of sp³-hybridized carbons (Fsp3) is 0.500. The molecule has 1 atom stereocenters. The van der Waals surface area contributed by atoms with Crippen molar-refractivity contribution in [2.24, 2.45) is 11.8 Å². The van der Waals surface area contributed by atoms with E-state index < -0.39 is 0 Å². The van der Waals surface area contributed by atoms with E-state index >= 15 is 0 Å². The van der Waals surface area contributed by atoms with Crippen molar-refractivity contribution < 1.29 is 9.53 Å². The highest BCUT2D eigenvalue weighted by Gasteiger charge is 2.18. The van der Waals surface area contributed by atoms with Crippen LogP contribution >= 0.6 is 0 Å². The number of carbonyl (C=O) groups is 1. The Bertz CT molecular complexity index is 818. The lowest BCUT2D eigenvalue weighted by molar-refractivity contribution is 0.0924. The zero-order valence-corrected chi connectivity index (χ0v) is 19.7. The number of amides is 1. The van der Waals surface area contributed by atoms with Crippen LogP contribution in [0.4, 0.5) is 0 Å². The SMILES string of the molecule is COc1c(CC(C)C)cccc1-c1cccc(C(=O)N[C@@H](CC(C)C)CN(C)C)c1. The summed E-state index contributed by atoms with van der Waals surface area (Å²) in [6.45, 7) is 9.61. The molecule has 2 rings (SSSR count). The summed E-state index contributed by atoms with van der Waals surface area (Å²) < 4.78 is 5.78. The number of methoxy groups -OCH3 is 1. The summed E-state index contributed by atoms with van der Waals surface area (Å²) >= 11 is 0. The molecule has 0 aromatic heterocycles. The molecule has 0 aliphatic carbocycles. The average molecular weight is 411 g/mol. The number of ether oxygens (including phenoxy) is 1. The zero-order chi connectivity index (χ0) is 22.3. The van der Waals surface area contributed by atoms with Crippen molar-refractivity contribution in [3.63, 3.8) is 0 Å². The molecule has 2 aromatic carbocycles. The molecular weight excluding hydrogens is 372 g/mol. The molecule has 0 heterocycles. The Kier molecular flexibility index (Phi) is 8.91. The molecule has 0 bridgehead atoms. The smallest absolute Gasteiger partial charge is 0.251 e. The van der Waals surface area contributed by atoms with Gasteiger partial charge in [-0.2, -0.15) is 0 Å². The highest BCUT2D eigenvalue weighted by atomic mass is 16.5. The van der Waals surface area contributed by atoms with Crippen LogP contribution in [-0.2, 0) is 6.42 Å². The average Bonchev–Trinajstić information content (AvgIpc) is 2.66. The summed E-state index contributed by atoms with van der Waals surface area (Å²) in [6.07, 6.45) is 1.91. The van der Waals surface area contributed by atoms with Crippen LogP contribution in [0.2, 0.25) is 0 Å². The van der Waals surface area contributed by atoms with E-state index in [9.17, 15) is 4.79 Å². The number of hydrogen-bond acceptors (Lipinski definition) is 3. The number of nitrogens with one attached hydrogen (secondary N) is 1. The summed E-state index contributed by atoms with van der Waals surface area (Å²) in [7, 11) is 5.80. The maximum Gasteiger partial charge on any atom is 0.251 e. The Labute approximate surface area is 182 Å². The van der Waals surface area contributed by atoms with E-state index in [1.807, 2.05) is 38.4 Å². The predicted octanol–water partition coefficient (Wildman–Crippen LogP) is 5.27. The van der Waals surface area contributed by atoms with Crippen molar-refractivity contribution in [2.45, 2.75) is 46.6 Å². The molecule has 30 heavy (non-hydrogen) atoms. The zero-order valence-electron chi connectivity index (χ0n) is 19.7. The van der Waals surface area contributed by atoms with Gasteiger partial charge in [0, 0.05) is 23.7 Å². The third-order valence-corrected chi connectivity index (χ3v) is 5.04. The maximum atomic E-state index is 13.0. The monoisotopic (exact) mass is 410 g/mol. The molecule has 164 valence electrons. The van der Waals surface area contributed by atoms with Crippen LogP contribution in [0.5, 0.6) is 5.75 Å². The van der Waals surface area contributed by atoms with Crippen LogP contribution in [0.25, 0.3) is 11.1 Å². The molecule has 0 aliphatic rings. The van der Waals surface area contributed by atoms with Crippen LogP contribution in [-0.4, -0.2) is 44.6 Å². The van der Waals surface area contributed by atoms with Gasteiger partial charge in [0.15, 0.2) is 0 Å². The Morgan fingerprint density at radius 3 is 2.33 bits per heavy atom. The minimum Gasteiger partial charge on any atom is -0.496 e. The summed E-state index contributed by atoms with van der Waals surface area (Å²) in [4.78, 5) is 15.1. The lowest BCUT2D eigenvalue weighted by atomic mass is 9.95. The molecule has 0 unspecified atom stereocenters. The Balaban J connectivity index is 2.30. The normalized spacial score (nSPS) is 12.5. The van der Waals surface area contributed by atoms with Gasteiger partial charge in [-0.05, 0) is 62.0 Å². The van der Waals surface area contributed by atoms with E-state index in [0.29, 0.717) is 17.4 Å². The number of para-hydroxylation sites is 1. The summed E-state index contributed by atoms with van der Waals surface area (Å²) in [5, 5.41) is 3.23. The Hall–Kier alpha value is -2.33. The molecule has 4 nitrogen and oxygen atoms in total. The molecule has 1 N–H and O–H groups in total. The lowest BCUT2D eigenvalue weighted by Crippen LogP contribution is -2.42. The third kappa shape index (κ3) is 6.88. The molecule has 0 radical (unpaired) electrons. The quantitative estimate of drug-likeness (QED) is 0.580. The van der Waals surface area contributed by atoms with Gasteiger partial charge < -0.3 is 15.0 Å². The summed E-state index contributed by atoms with van der Waals surface area (Å²) in [5.74, 6) is 1.94. The van der Waals surface area contributed by atoms with Crippen molar-refractivity contribution in [3.8, 4) is 16.9 Å².